The second-order valence-electron chi connectivity index (χ2n) is 10.5. The number of rotatable bonds is 9. The summed E-state index contributed by atoms with van der Waals surface area (Å²) in [6, 6.07) is 27.0. The van der Waals surface area contributed by atoms with Crippen molar-refractivity contribution in [1.29, 1.82) is 0 Å². The quantitative estimate of drug-likeness (QED) is 0.167. The maximum Gasteiger partial charge on any atom is 0.416 e. The maximum absolute atomic E-state index is 13.3. The highest BCUT2D eigenvalue weighted by molar-refractivity contribution is 6.09. The van der Waals surface area contributed by atoms with Gasteiger partial charge in [-0.15, -0.1) is 0 Å². The monoisotopic (exact) mass is 612 g/mol. The first-order chi connectivity index (χ1) is 21.5. The summed E-state index contributed by atoms with van der Waals surface area (Å²) in [5, 5.41) is 9.16. The lowest BCUT2D eigenvalue weighted by Gasteiger charge is -2.15. The summed E-state index contributed by atoms with van der Waals surface area (Å²) in [6.45, 7) is 4.36. The molecule has 0 aliphatic rings. The smallest absolute Gasteiger partial charge is 0.350 e. The minimum Gasteiger partial charge on any atom is -0.350 e. The van der Waals surface area contributed by atoms with E-state index in [1.165, 1.54) is 12.1 Å². The number of hydrogen-bond donors (Lipinski definition) is 3. The molecule has 230 valence electrons. The molecule has 1 aromatic heterocycles. The number of nitrogens with zero attached hydrogens (tertiary/aromatic N) is 1. The summed E-state index contributed by atoms with van der Waals surface area (Å²) in [6.07, 6.45) is -4.46. The van der Waals surface area contributed by atoms with Crippen molar-refractivity contribution >= 4 is 34.3 Å². The Labute approximate surface area is 258 Å². The largest absolute Gasteiger partial charge is 0.416 e. The van der Waals surface area contributed by atoms with Gasteiger partial charge in [0.25, 0.3) is 11.8 Å². The molecule has 0 radical (unpaired) electrons. The number of alkyl halides is 3. The molecule has 10 heteroatoms. The first-order valence-electron chi connectivity index (χ1n) is 14.4. The number of nitrogens with one attached hydrogen (secondary N) is 3. The molecule has 45 heavy (non-hydrogen) atoms. The Balaban J connectivity index is 1.31. The van der Waals surface area contributed by atoms with Crippen molar-refractivity contribution in [1.82, 2.24) is 15.2 Å². The van der Waals surface area contributed by atoms with Crippen molar-refractivity contribution in [2.75, 3.05) is 5.32 Å². The molecule has 0 bridgehead atoms. The van der Waals surface area contributed by atoms with E-state index >= 15 is 0 Å². The van der Waals surface area contributed by atoms with E-state index in [4.69, 9.17) is 0 Å². The molecule has 1 heterocycles. The van der Waals surface area contributed by atoms with E-state index in [0.717, 1.165) is 23.2 Å². The average Bonchev–Trinajstić information content (AvgIpc) is 3.41. The minimum atomic E-state index is -4.46. The molecular weight excluding hydrogens is 581 g/mol. The van der Waals surface area contributed by atoms with Gasteiger partial charge in [0.1, 0.15) is 11.7 Å². The first-order valence-corrected chi connectivity index (χ1v) is 14.4. The van der Waals surface area contributed by atoms with Gasteiger partial charge in [-0.25, -0.2) is 0 Å². The number of anilines is 1. The number of carbonyl (C=O) groups is 3. The van der Waals surface area contributed by atoms with Crippen LogP contribution in [0.5, 0.6) is 0 Å². The molecule has 7 nitrogen and oxygen atoms in total. The zero-order valence-corrected chi connectivity index (χ0v) is 24.6. The summed E-state index contributed by atoms with van der Waals surface area (Å²) in [7, 11) is 0. The van der Waals surface area contributed by atoms with Crippen LogP contribution < -0.4 is 16.0 Å². The van der Waals surface area contributed by atoms with Gasteiger partial charge in [-0.1, -0.05) is 60.7 Å². The normalized spacial score (nSPS) is 12.0. The van der Waals surface area contributed by atoms with Gasteiger partial charge in [0.2, 0.25) is 5.91 Å². The molecule has 0 unspecified atom stereocenters. The number of amides is 3. The van der Waals surface area contributed by atoms with Crippen molar-refractivity contribution in [3.05, 3.63) is 126 Å². The number of benzene rings is 4. The Morgan fingerprint density at radius 2 is 1.51 bits per heavy atom. The number of carbonyl (C=O) groups excluding carboxylic acids is 3. The third kappa shape index (κ3) is 7.06. The van der Waals surface area contributed by atoms with Crippen molar-refractivity contribution < 1.29 is 27.6 Å². The number of hydrogen-bond acceptors (Lipinski definition) is 3. The standard InChI is InChI=1S/C35H31F3N4O3/c1-3-42-30-18-17-27(41-33(44)29-12-8-7-11-28(29)24-13-15-26(16-14-24)35(36,37)38)19-25(30)20-31(42)34(45)40-22(2)32(43)39-21-23-9-5-4-6-10-23/h4-20,22H,3,21H2,1-2H3,(H,39,43)(H,40,45)(H,41,44)/t22-/m0/s1. The van der Waals surface area contributed by atoms with Crippen LogP contribution in [0.4, 0.5) is 18.9 Å². The number of fused-ring (bicyclic) bond motifs is 1. The SMILES string of the molecule is CCn1c(C(=O)N[C@@H](C)C(=O)NCc2ccccc2)cc2cc(NC(=O)c3ccccc3-c3ccc(C(F)(F)F)cc3)ccc21. The molecule has 0 saturated carbocycles. The summed E-state index contributed by atoms with van der Waals surface area (Å²) < 4.78 is 41.0. The third-order valence-corrected chi connectivity index (χ3v) is 7.45. The van der Waals surface area contributed by atoms with Crippen molar-refractivity contribution in [3.8, 4) is 11.1 Å². The van der Waals surface area contributed by atoms with E-state index in [1.807, 2.05) is 41.8 Å². The van der Waals surface area contributed by atoms with Crippen LogP contribution in [-0.4, -0.2) is 28.3 Å². The van der Waals surface area contributed by atoms with Gasteiger partial charge < -0.3 is 20.5 Å². The van der Waals surface area contributed by atoms with Crippen LogP contribution in [0, 0.1) is 0 Å². The van der Waals surface area contributed by atoms with E-state index in [0.29, 0.717) is 46.5 Å². The third-order valence-electron chi connectivity index (χ3n) is 7.45. The van der Waals surface area contributed by atoms with Crippen LogP contribution in [0.15, 0.2) is 103 Å². The first kappa shape index (κ1) is 31.1. The Morgan fingerprint density at radius 1 is 0.822 bits per heavy atom. The predicted octanol–water partition coefficient (Wildman–Crippen LogP) is 7.03. The van der Waals surface area contributed by atoms with Crippen LogP contribution in [0.2, 0.25) is 0 Å². The fourth-order valence-corrected chi connectivity index (χ4v) is 5.12. The van der Waals surface area contributed by atoms with Gasteiger partial charge in [-0.3, -0.25) is 14.4 Å². The van der Waals surface area contributed by atoms with Gasteiger partial charge >= 0.3 is 6.18 Å². The molecule has 0 fully saturated rings. The Morgan fingerprint density at radius 3 is 2.20 bits per heavy atom. The number of halogens is 3. The second-order valence-corrected chi connectivity index (χ2v) is 10.5. The fraction of sp³-hybridized carbons (Fsp3) is 0.171. The van der Waals surface area contributed by atoms with E-state index in [9.17, 15) is 27.6 Å². The van der Waals surface area contributed by atoms with E-state index in [-0.39, 0.29) is 5.91 Å². The zero-order valence-electron chi connectivity index (χ0n) is 24.6. The molecule has 1 atom stereocenters. The maximum atomic E-state index is 13.3. The highest BCUT2D eigenvalue weighted by Gasteiger charge is 2.30. The lowest BCUT2D eigenvalue weighted by atomic mass is 9.98. The molecule has 5 rings (SSSR count). The fourth-order valence-electron chi connectivity index (χ4n) is 5.12. The van der Waals surface area contributed by atoms with Crippen LogP contribution in [0.3, 0.4) is 0 Å². The predicted molar refractivity (Wildman–Crippen MR) is 168 cm³/mol. The van der Waals surface area contributed by atoms with Crippen LogP contribution in [0.1, 0.15) is 45.8 Å². The van der Waals surface area contributed by atoms with Crippen LogP contribution in [-0.2, 0) is 24.1 Å². The van der Waals surface area contributed by atoms with Crippen molar-refractivity contribution in [2.45, 2.75) is 39.2 Å². The molecule has 0 aliphatic heterocycles. The van der Waals surface area contributed by atoms with E-state index < -0.39 is 29.6 Å². The summed E-state index contributed by atoms with van der Waals surface area (Å²) >= 11 is 0. The van der Waals surface area contributed by atoms with E-state index in [2.05, 4.69) is 16.0 Å². The van der Waals surface area contributed by atoms with Gasteiger partial charge in [0.05, 0.1) is 5.56 Å². The van der Waals surface area contributed by atoms with Crippen LogP contribution >= 0.6 is 0 Å². The highest BCUT2D eigenvalue weighted by atomic mass is 19.4. The molecule has 4 aromatic carbocycles. The van der Waals surface area contributed by atoms with Gasteiger partial charge in [0.15, 0.2) is 0 Å². The van der Waals surface area contributed by atoms with Gasteiger partial charge in [-0.05, 0) is 73.0 Å². The number of aromatic nitrogens is 1. The zero-order chi connectivity index (χ0) is 32.1. The molecular formula is C35H31F3N4O3. The van der Waals surface area contributed by atoms with Gasteiger partial charge in [0, 0.05) is 35.2 Å². The highest BCUT2D eigenvalue weighted by Crippen LogP contribution is 2.32. The molecule has 5 aromatic rings. The Kier molecular flexibility index (Phi) is 9.03. The molecule has 3 amide bonds. The topological polar surface area (TPSA) is 92.2 Å². The average molecular weight is 613 g/mol. The summed E-state index contributed by atoms with van der Waals surface area (Å²) in [5.74, 6) is -1.16. The second kappa shape index (κ2) is 13.1. The molecule has 0 saturated heterocycles. The Hall–Kier alpha value is -5.38. The van der Waals surface area contributed by atoms with E-state index in [1.54, 1.807) is 55.5 Å². The summed E-state index contributed by atoms with van der Waals surface area (Å²) in [4.78, 5) is 39.2. The molecule has 0 spiro atoms. The summed E-state index contributed by atoms with van der Waals surface area (Å²) in [5.41, 5.74) is 3.05. The van der Waals surface area contributed by atoms with Crippen molar-refractivity contribution in [2.24, 2.45) is 0 Å². The lowest BCUT2D eigenvalue weighted by Crippen LogP contribution is -2.45. The molecule has 0 aliphatic carbocycles. The number of aryl methyl sites for hydroxylation is 1. The van der Waals surface area contributed by atoms with Crippen LogP contribution in [0.25, 0.3) is 22.0 Å². The van der Waals surface area contributed by atoms with Gasteiger partial charge in [-0.2, -0.15) is 13.2 Å². The molecule has 3 N–H and O–H groups in total. The minimum absolute atomic E-state index is 0.295. The lowest BCUT2D eigenvalue weighted by molar-refractivity contribution is -0.137. The van der Waals surface area contributed by atoms with Crippen molar-refractivity contribution in [3.63, 3.8) is 0 Å². The Bertz CT molecular complexity index is 1850.